The Bertz CT molecular complexity index is 1410. The fraction of sp³-hybridized carbons (Fsp3) is 0.167. The molecule has 0 aliphatic rings. The van der Waals surface area contributed by atoms with Gasteiger partial charge in [-0.25, -0.2) is 13.4 Å². The minimum absolute atomic E-state index is 0.116. The van der Waals surface area contributed by atoms with Crippen molar-refractivity contribution in [3.63, 3.8) is 0 Å². The molecular formula is C24H24N4O3S. The van der Waals surface area contributed by atoms with Gasteiger partial charge in [0.15, 0.2) is 0 Å². The molecule has 4 rings (SSSR count). The van der Waals surface area contributed by atoms with E-state index in [9.17, 15) is 13.2 Å². The van der Waals surface area contributed by atoms with E-state index < -0.39 is 10.0 Å². The van der Waals surface area contributed by atoms with E-state index >= 15 is 0 Å². The first-order valence-corrected chi connectivity index (χ1v) is 11.7. The number of rotatable bonds is 6. The summed E-state index contributed by atoms with van der Waals surface area (Å²) in [5, 5.41) is 2.78. The lowest BCUT2D eigenvalue weighted by atomic mass is 10.1. The number of sulfonamides is 1. The molecule has 1 amide bonds. The smallest absolute Gasteiger partial charge is 0.262 e. The molecule has 0 bridgehead atoms. The van der Waals surface area contributed by atoms with Gasteiger partial charge in [0.2, 0.25) is 0 Å². The molecule has 0 saturated heterocycles. The van der Waals surface area contributed by atoms with Gasteiger partial charge in [-0.15, -0.1) is 0 Å². The number of nitrogens with zero attached hydrogens (tertiary/aromatic N) is 2. The molecular weight excluding hydrogens is 424 g/mol. The van der Waals surface area contributed by atoms with E-state index in [0.717, 1.165) is 16.9 Å². The first kappa shape index (κ1) is 21.6. The number of benzene rings is 3. The van der Waals surface area contributed by atoms with E-state index in [1.807, 2.05) is 36.7 Å². The lowest BCUT2D eigenvalue weighted by Crippen LogP contribution is -2.22. The number of anilines is 1. The van der Waals surface area contributed by atoms with Gasteiger partial charge in [0.05, 0.1) is 21.6 Å². The SMILES string of the molecule is CCNC(=O)c1ccc(-c2nc3cc(NS(=O)(=O)c4ccccc4C)ccc3n2C)cc1. The van der Waals surface area contributed by atoms with Gasteiger partial charge in [-0.2, -0.15) is 0 Å². The van der Waals surface area contributed by atoms with Crippen molar-refractivity contribution < 1.29 is 13.2 Å². The van der Waals surface area contributed by atoms with Gasteiger partial charge in [0.1, 0.15) is 5.82 Å². The highest BCUT2D eigenvalue weighted by Crippen LogP contribution is 2.27. The van der Waals surface area contributed by atoms with Crippen molar-refractivity contribution >= 4 is 32.7 Å². The zero-order chi connectivity index (χ0) is 22.9. The third-order valence-corrected chi connectivity index (χ3v) is 6.80. The van der Waals surface area contributed by atoms with Crippen LogP contribution in [0.3, 0.4) is 0 Å². The average molecular weight is 449 g/mol. The molecule has 0 fully saturated rings. The quantitative estimate of drug-likeness (QED) is 0.464. The molecule has 0 saturated carbocycles. The Balaban J connectivity index is 1.65. The van der Waals surface area contributed by atoms with Crippen molar-refractivity contribution in [3.05, 3.63) is 77.9 Å². The highest BCUT2D eigenvalue weighted by Gasteiger charge is 2.18. The molecule has 164 valence electrons. The Kier molecular flexibility index (Phi) is 5.71. The molecule has 2 N–H and O–H groups in total. The Morgan fingerprint density at radius 3 is 2.44 bits per heavy atom. The zero-order valence-corrected chi connectivity index (χ0v) is 18.9. The molecule has 1 heterocycles. The summed E-state index contributed by atoms with van der Waals surface area (Å²) in [7, 11) is -1.81. The molecule has 0 aliphatic heterocycles. The van der Waals surface area contributed by atoms with Gasteiger partial charge < -0.3 is 9.88 Å². The number of amides is 1. The van der Waals surface area contributed by atoms with E-state index in [1.54, 1.807) is 55.5 Å². The number of hydrogen-bond acceptors (Lipinski definition) is 4. The first-order valence-electron chi connectivity index (χ1n) is 10.2. The molecule has 7 nitrogen and oxygen atoms in total. The predicted molar refractivity (Wildman–Crippen MR) is 126 cm³/mol. The second kappa shape index (κ2) is 8.47. The second-order valence-electron chi connectivity index (χ2n) is 7.51. The van der Waals surface area contributed by atoms with Crippen LogP contribution in [0.5, 0.6) is 0 Å². The van der Waals surface area contributed by atoms with Crippen LogP contribution in [-0.2, 0) is 17.1 Å². The van der Waals surface area contributed by atoms with E-state index in [-0.39, 0.29) is 10.8 Å². The van der Waals surface area contributed by atoms with E-state index in [1.165, 1.54) is 0 Å². The van der Waals surface area contributed by atoms with Crippen LogP contribution >= 0.6 is 0 Å². The monoisotopic (exact) mass is 448 g/mol. The Hall–Kier alpha value is -3.65. The number of nitrogens with one attached hydrogen (secondary N) is 2. The van der Waals surface area contributed by atoms with Crippen molar-refractivity contribution in [1.29, 1.82) is 0 Å². The Labute approximate surface area is 187 Å². The average Bonchev–Trinajstić information content (AvgIpc) is 3.09. The normalized spacial score (nSPS) is 11.5. The van der Waals surface area contributed by atoms with Crippen molar-refractivity contribution in [2.45, 2.75) is 18.7 Å². The van der Waals surface area contributed by atoms with Crippen LogP contribution in [0.2, 0.25) is 0 Å². The Morgan fingerprint density at radius 1 is 1.03 bits per heavy atom. The van der Waals surface area contributed by atoms with Crippen molar-refractivity contribution in [3.8, 4) is 11.4 Å². The van der Waals surface area contributed by atoms with Crippen molar-refractivity contribution in [2.24, 2.45) is 7.05 Å². The maximum atomic E-state index is 12.8. The molecule has 0 unspecified atom stereocenters. The summed E-state index contributed by atoms with van der Waals surface area (Å²) in [5.41, 5.74) is 4.10. The highest BCUT2D eigenvalue weighted by atomic mass is 32.2. The van der Waals surface area contributed by atoms with Crippen LogP contribution in [0.25, 0.3) is 22.4 Å². The lowest BCUT2D eigenvalue weighted by Gasteiger charge is -2.10. The molecule has 32 heavy (non-hydrogen) atoms. The third kappa shape index (κ3) is 4.09. The maximum Gasteiger partial charge on any atom is 0.262 e. The Morgan fingerprint density at radius 2 is 1.75 bits per heavy atom. The van der Waals surface area contributed by atoms with E-state index in [0.29, 0.717) is 28.9 Å². The fourth-order valence-corrected chi connectivity index (χ4v) is 4.92. The predicted octanol–water partition coefficient (Wildman–Crippen LogP) is 4.10. The summed E-state index contributed by atoms with van der Waals surface area (Å²) in [4.78, 5) is 16.9. The van der Waals surface area contributed by atoms with Crippen molar-refractivity contribution in [2.75, 3.05) is 11.3 Å². The molecule has 4 aromatic rings. The summed E-state index contributed by atoms with van der Waals surface area (Å²) >= 11 is 0. The van der Waals surface area contributed by atoms with Crippen LogP contribution in [0.15, 0.2) is 71.6 Å². The summed E-state index contributed by atoms with van der Waals surface area (Å²) in [6.45, 7) is 4.21. The van der Waals surface area contributed by atoms with Gasteiger partial charge in [-0.3, -0.25) is 9.52 Å². The number of aromatic nitrogens is 2. The molecule has 0 radical (unpaired) electrons. The maximum absolute atomic E-state index is 12.8. The topological polar surface area (TPSA) is 93.1 Å². The minimum Gasteiger partial charge on any atom is -0.352 e. The fourth-order valence-electron chi connectivity index (χ4n) is 3.62. The summed E-state index contributed by atoms with van der Waals surface area (Å²) in [5.74, 6) is 0.607. The second-order valence-corrected chi connectivity index (χ2v) is 9.16. The standard InChI is InChI=1S/C24H24N4O3S/c1-4-25-24(29)18-11-9-17(10-12-18)23-26-20-15-19(13-14-21(20)28(23)3)27-32(30,31)22-8-6-5-7-16(22)2/h5-15,27H,4H2,1-3H3,(H,25,29). The van der Waals surface area contributed by atoms with Gasteiger partial charge in [0.25, 0.3) is 15.9 Å². The van der Waals surface area contributed by atoms with Crippen molar-refractivity contribution in [1.82, 2.24) is 14.9 Å². The zero-order valence-electron chi connectivity index (χ0n) is 18.1. The van der Waals surface area contributed by atoms with Crippen LogP contribution in [0, 0.1) is 6.92 Å². The number of aryl methyl sites for hydroxylation is 2. The first-order chi connectivity index (χ1) is 15.3. The summed E-state index contributed by atoms with van der Waals surface area (Å²) in [6.07, 6.45) is 0. The number of hydrogen-bond donors (Lipinski definition) is 2. The number of imidazole rings is 1. The number of carbonyl (C=O) groups is 1. The molecule has 1 aromatic heterocycles. The minimum atomic E-state index is -3.71. The van der Waals surface area contributed by atoms with Gasteiger partial charge in [-0.05, 0) is 55.8 Å². The molecule has 3 aromatic carbocycles. The third-order valence-electron chi connectivity index (χ3n) is 5.26. The van der Waals surface area contributed by atoms with Crippen LogP contribution < -0.4 is 10.0 Å². The molecule has 0 aliphatic carbocycles. The number of fused-ring (bicyclic) bond motifs is 1. The van der Waals surface area contributed by atoms with Crippen LogP contribution in [0.1, 0.15) is 22.8 Å². The molecule has 0 spiro atoms. The van der Waals surface area contributed by atoms with Gasteiger partial charge >= 0.3 is 0 Å². The largest absolute Gasteiger partial charge is 0.352 e. The van der Waals surface area contributed by atoms with Gasteiger partial charge in [0, 0.05) is 24.7 Å². The summed E-state index contributed by atoms with van der Waals surface area (Å²) in [6, 6.07) is 19.4. The van der Waals surface area contributed by atoms with Gasteiger partial charge in [-0.1, -0.05) is 30.3 Å². The van der Waals surface area contributed by atoms with Crippen LogP contribution in [-0.4, -0.2) is 30.4 Å². The number of carbonyl (C=O) groups excluding carboxylic acids is 1. The van der Waals surface area contributed by atoms with Crippen LogP contribution in [0.4, 0.5) is 5.69 Å². The summed E-state index contributed by atoms with van der Waals surface area (Å²) < 4.78 is 30.2. The molecule has 0 atom stereocenters. The highest BCUT2D eigenvalue weighted by molar-refractivity contribution is 7.92. The lowest BCUT2D eigenvalue weighted by molar-refractivity contribution is 0.0956. The molecule has 8 heteroatoms. The van der Waals surface area contributed by atoms with E-state index in [2.05, 4.69) is 10.0 Å². The van der Waals surface area contributed by atoms with E-state index in [4.69, 9.17) is 4.98 Å².